The van der Waals surface area contributed by atoms with Crippen LogP contribution in [-0.4, -0.2) is 48.4 Å². The van der Waals surface area contributed by atoms with Gasteiger partial charge in [0.1, 0.15) is 5.82 Å². The maximum atomic E-state index is 14.4. The molecule has 0 aliphatic carbocycles. The minimum Gasteiger partial charge on any atom is -0.343 e. The van der Waals surface area contributed by atoms with Crippen molar-refractivity contribution in [2.24, 2.45) is 0 Å². The van der Waals surface area contributed by atoms with Gasteiger partial charge in [-0.05, 0) is 35.4 Å². The fraction of sp³-hybridized carbons (Fsp3) is 0.300. The number of urea groups is 1. The second-order valence-corrected chi connectivity index (χ2v) is 7.21. The Hall–Kier alpha value is -2.64. The summed E-state index contributed by atoms with van der Waals surface area (Å²) in [5.74, 6) is -0.457. The molecule has 148 valence electrons. The Kier molecular flexibility index (Phi) is 6.49. The van der Waals surface area contributed by atoms with Crippen LogP contribution in [0.1, 0.15) is 11.1 Å². The quantitative estimate of drug-likeness (QED) is 0.805. The molecule has 0 aromatic heterocycles. The largest absolute Gasteiger partial charge is 0.343 e. The van der Waals surface area contributed by atoms with Gasteiger partial charge in [0, 0.05) is 38.2 Å². The second-order valence-electron chi connectivity index (χ2n) is 6.77. The molecule has 28 heavy (non-hydrogen) atoms. The van der Waals surface area contributed by atoms with Crippen LogP contribution in [0.15, 0.2) is 42.5 Å². The van der Waals surface area contributed by atoms with Crippen molar-refractivity contribution in [3.8, 4) is 0 Å². The highest BCUT2D eigenvalue weighted by molar-refractivity contribution is 6.30. The van der Waals surface area contributed by atoms with E-state index in [0.717, 1.165) is 17.7 Å². The van der Waals surface area contributed by atoms with Gasteiger partial charge in [-0.2, -0.15) is 0 Å². The Bertz CT molecular complexity index is 860. The van der Waals surface area contributed by atoms with Crippen LogP contribution in [0.3, 0.4) is 0 Å². The maximum absolute atomic E-state index is 14.4. The zero-order chi connectivity index (χ0) is 20.1. The number of carbonyl (C=O) groups is 2. The third-order valence-corrected chi connectivity index (χ3v) is 4.84. The van der Waals surface area contributed by atoms with Gasteiger partial charge in [0.2, 0.25) is 5.91 Å². The fourth-order valence-electron chi connectivity index (χ4n) is 2.91. The summed E-state index contributed by atoms with van der Waals surface area (Å²) in [5, 5.41) is 5.80. The predicted octanol–water partition coefficient (Wildman–Crippen LogP) is 3.07. The summed E-state index contributed by atoms with van der Waals surface area (Å²) in [4.78, 5) is 27.4. The van der Waals surface area contributed by atoms with Gasteiger partial charge in [-0.1, -0.05) is 29.8 Å². The number of amides is 3. The summed E-state index contributed by atoms with van der Waals surface area (Å²) in [6.07, 6.45) is 0. The topological polar surface area (TPSA) is 64.7 Å². The summed E-state index contributed by atoms with van der Waals surface area (Å²) >= 11 is 5.82. The molecule has 0 atom stereocenters. The SMILES string of the molecule is CN1CCN(Cc2ccc(NC(=O)NCc3ccc(Cl)cc3)c(F)c2)CC1=O. The van der Waals surface area contributed by atoms with E-state index < -0.39 is 11.8 Å². The third kappa shape index (κ3) is 5.43. The van der Waals surface area contributed by atoms with Gasteiger partial charge in [-0.15, -0.1) is 0 Å². The molecule has 0 saturated carbocycles. The lowest BCUT2D eigenvalue weighted by atomic mass is 10.1. The molecule has 0 unspecified atom stereocenters. The van der Waals surface area contributed by atoms with Gasteiger partial charge in [0.25, 0.3) is 0 Å². The molecular weight excluding hydrogens is 383 g/mol. The number of hydrogen-bond donors (Lipinski definition) is 2. The Labute approximate surface area is 168 Å². The Morgan fingerprint density at radius 2 is 1.86 bits per heavy atom. The molecule has 1 aliphatic rings. The van der Waals surface area contributed by atoms with Crippen molar-refractivity contribution in [1.29, 1.82) is 0 Å². The number of benzene rings is 2. The lowest BCUT2D eigenvalue weighted by Gasteiger charge is -2.31. The van der Waals surface area contributed by atoms with E-state index in [1.807, 2.05) is 4.90 Å². The molecule has 8 heteroatoms. The minimum absolute atomic E-state index is 0.0577. The number of likely N-dealkylation sites (N-methyl/N-ethyl adjacent to an activating group) is 1. The third-order valence-electron chi connectivity index (χ3n) is 4.59. The molecule has 0 radical (unpaired) electrons. The average Bonchev–Trinajstić information content (AvgIpc) is 2.66. The summed E-state index contributed by atoms with van der Waals surface area (Å²) in [5.41, 5.74) is 1.74. The molecule has 1 saturated heterocycles. The highest BCUT2D eigenvalue weighted by Gasteiger charge is 2.21. The van der Waals surface area contributed by atoms with E-state index in [-0.39, 0.29) is 11.6 Å². The maximum Gasteiger partial charge on any atom is 0.319 e. The van der Waals surface area contributed by atoms with Crippen LogP contribution in [0.25, 0.3) is 0 Å². The fourth-order valence-corrected chi connectivity index (χ4v) is 3.04. The molecule has 1 heterocycles. The number of rotatable bonds is 5. The van der Waals surface area contributed by atoms with E-state index in [0.29, 0.717) is 31.2 Å². The molecule has 0 spiro atoms. The van der Waals surface area contributed by atoms with E-state index in [1.165, 1.54) is 12.1 Å². The highest BCUT2D eigenvalue weighted by Crippen LogP contribution is 2.18. The monoisotopic (exact) mass is 404 g/mol. The predicted molar refractivity (Wildman–Crippen MR) is 107 cm³/mol. The van der Waals surface area contributed by atoms with Gasteiger partial charge in [-0.3, -0.25) is 9.69 Å². The first-order valence-electron chi connectivity index (χ1n) is 8.95. The average molecular weight is 405 g/mol. The number of nitrogens with one attached hydrogen (secondary N) is 2. The molecular formula is C20H22ClFN4O2. The summed E-state index contributed by atoms with van der Waals surface area (Å²) in [6, 6.07) is 11.3. The van der Waals surface area contributed by atoms with Gasteiger partial charge < -0.3 is 15.5 Å². The van der Waals surface area contributed by atoms with Crippen LogP contribution in [0, 0.1) is 5.82 Å². The molecule has 0 bridgehead atoms. The number of carbonyl (C=O) groups excluding carboxylic acids is 2. The van der Waals surface area contributed by atoms with Gasteiger partial charge in [-0.25, -0.2) is 9.18 Å². The number of hydrogen-bond acceptors (Lipinski definition) is 3. The van der Waals surface area contributed by atoms with Gasteiger partial charge in [0.15, 0.2) is 0 Å². The first-order valence-corrected chi connectivity index (χ1v) is 9.32. The van der Waals surface area contributed by atoms with Crippen LogP contribution in [0.2, 0.25) is 5.02 Å². The van der Waals surface area contributed by atoms with Crippen LogP contribution >= 0.6 is 11.6 Å². The number of piperazine rings is 1. The summed E-state index contributed by atoms with van der Waals surface area (Å²) in [7, 11) is 1.78. The van der Waals surface area contributed by atoms with E-state index in [9.17, 15) is 14.0 Å². The lowest BCUT2D eigenvalue weighted by molar-refractivity contribution is -0.134. The van der Waals surface area contributed by atoms with Crippen molar-refractivity contribution in [2.45, 2.75) is 13.1 Å². The zero-order valence-electron chi connectivity index (χ0n) is 15.5. The number of anilines is 1. The van der Waals surface area contributed by atoms with Crippen molar-refractivity contribution in [3.05, 3.63) is 64.4 Å². The zero-order valence-corrected chi connectivity index (χ0v) is 16.3. The van der Waals surface area contributed by atoms with E-state index in [4.69, 9.17) is 11.6 Å². The Balaban J connectivity index is 1.52. The molecule has 3 amide bonds. The molecule has 1 aliphatic heterocycles. The lowest BCUT2D eigenvalue weighted by Crippen LogP contribution is -2.47. The molecule has 3 rings (SSSR count). The molecule has 6 nitrogen and oxygen atoms in total. The summed E-state index contributed by atoms with van der Waals surface area (Å²) in [6.45, 7) is 2.52. The summed E-state index contributed by atoms with van der Waals surface area (Å²) < 4.78 is 14.4. The number of nitrogens with zero attached hydrogens (tertiary/aromatic N) is 2. The van der Waals surface area contributed by atoms with Crippen LogP contribution in [0.4, 0.5) is 14.9 Å². The standard InChI is InChI=1S/C20H22ClFN4O2/c1-25-8-9-26(13-19(25)27)12-15-4-7-18(17(22)10-15)24-20(28)23-11-14-2-5-16(21)6-3-14/h2-7,10H,8-9,11-13H2,1H3,(H2,23,24,28). The van der Waals surface area contributed by atoms with Crippen LogP contribution < -0.4 is 10.6 Å². The molecule has 2 aromatic carbocycles. The van der Waals surface area contributed by atoms with Crippen LogP contribution in [0.5, 0.6) is 0 Å². The first kappa shape index (κ1) is 20.1. The molecule has 1 fully saturated rings. The second kappa shape index (κ2) is 9.03. The van der Waals surface area contributed by atoms with E-state index in [1.54, 1.807) is 42.3 Å². The molecule has 2 N–H and O–H groups in total. The van der Waals surface area contributed by atoms with Crippen molar-refractivity contribution >= 4 is 29.2 Å². The van der Waals surface area contributed by atoms with E-state index in [2.05, 4.69) is 10.6 Å². The normalized spacial score (nSPS) is 14.8. The Morgan fingerprint density at radius 3 is 2.54 bits per heavy atom. The van der Waals surface area contributed by atoms with Crippen molar-refractivity contribution < 1.29 is 14.0 Å². The number of halogens is 2. The first-order chi connectivity index (χ1) is 13.4. The smallest absolute Gasteiger partial charge is 0.319 e. The van der Waals surface area contributed by atoms with E-state index >= 15 is 0 Å². The van der Waals surface area contributed by atoms with Crippen LogP contribution in [-0.2, 0) is 17.9 Å². The minimum atomic E-state index is -0.514. The Morgan fingerprint density at radius 1 is 1.14 bits per heavy atom. The van der Waals surface area contributed by atoms with Crippen molar-refractivity contribution in [2.75, 3.05) is 32.0 Å². The van der Waals surface area contributed by atoms with Crippen molar-refractivity contribution in [1.82, 2.24) is 15.1 Å². The van der Waals surface area contributed by atoms with Crippen molar-refractivity contribution in [3.63, 3.8) is 0 Å². The van der Waals surface area contributed by atoms with Gasteiger partial charge >= 0.3 is 6.03 Å². The highest BCUT2D eigenvalue weighted by atomic mass is 35.5. The van der Waals surface area contributed by atoms with Gasteiger partial charge in [0.05, 0.1) is 12.2 Å². The molecule has 2 aromatic rings.